The van der Waals surface area contributed by atoms with E-state index in [9.17, 15) is 4.79 Å². The first-order valence-corrected chi connectivity index (χ1v) is 13.5. The van der Waals surface area contributed by atoms with Crippen LogP contribution in [-0.2, 0) is 24.8 Å². The molecule has 11 nitrogen and oxygen atoms in total. The van der Waals surface area contributed by atoms with Gasteiger partial charge in [-0.05, 0) is 47.9 Å². The number of hydrogen-bond acceptors (Lipinski definition) is 8. The molecule has 0 saturated carbocycles. The number of nitrogens with one attached hydrogen (secondary N) is 1. The molecule has 0 atom stereocenters. The van der Waals surface area contributed by atoms with Crippen LogP contribution in [0, 0.1) is 0 Å². The third kappa shape index (κ3) is 4.71. The van der Waals surface area contributed by atoms with Crippen LogP contribution in [0.3, 0.4) is 0 Å². The van der Waals surface area contributed by atoms with Crippen LogP contribution in [0.4, 0.5) is 11.6 Å². The average Bonchev–Trinajstić information content (AvgIpc) is 3.55. The van der Waals surface area contributed by atoms with Crippen molar-refractivity contribution in [3.63, 3.8) is 0 Å². The molecule has 0 bridgehead atoms. The summed E-state index contributed by atoms with van der Waals surface area (Å²) < 4.78 is 3.66. The van der Waals surface area contributed by atoms with Gasteiger partial charge in [0.15, 0.2) is 5.65 Å². The Morgan fingerprint density at radius 1 is 1.05 bits per heavy atom. The lowest BCUT2D eigenvalue weighted by Crippen LogP contribution is -2.37. The monoisotopic (exact) mass is 544 g/mol. The molecule has 1 fully saturated rings. The number of anilines is 2. The first kappa shape index (κ1) is 24.7. The normalized spacial score (nSPS) is 13.0. The van der Waals surface area contributed by atoms with Crippen LogP contribution in [-0.4, -0.2) is 53.3 Å². The number of nitrogens with zero attached hydrogens (tertiary/aromatic N) is 8. The molecule has 0 aliphatic carbocycles. The Kier molecular flexibility index (Phi) is 6.03. The van der Waals surface area contributed by atoms with Crippen LogP contribution < -0.4 is 16.0 Å². The fourth-order valence-corrected chi connectivity index (χ4v) is 5.17. The van der Waals surface area contributed by atoms with Gasteiger partial charge in [0, 0.05) is 56.2 Å². The van der Waals surface area contributed by atoms with E-state index in [-0.39, 0.29) is 12.3 Å². The van der Waals surface area contributed by atoms with Crippen molar-refractivity contribution in [2.45, 2.75) is 19.4 Å². The number of aromatic nitrogens is 7. The van der Waals surface area contributed by atoms with Crippen LogP contribution >= 0.6 is 0 Å². The molecule has 7 rings (SSSR count). The Morgan fingerprint density at radius 2 is 1.93 bits per heavy atom. The summed E-state index contributed by atoms with van der Waals surface area (Å²) in [5.41, 5.74) is 12.0. The molecular weight excluding hydrogens is 516 g/mol. The molecule has 6 heterocycles. The van der Waals surface area contributed by atoms with Crippen LogP contribution in [0.1, 0.15) is 17.5 Å². The maximum atomic E-state index is 12.9. The molecule has 6 aromatic rings. The number of carbonyl (C=O) groups is 1. The smallest absolute Gasteiger partial charge is 0.224 e. The second kappa shape index (κ2) is 10.0. The van der Waals surface area contributed by atoms with E-state index in [4.69, 9.17) is 10.7 Å². The molecule has 5 aromatic heterocycles. The minimum atomic E-state index is -0.0713. The second-order valence-electron chi connectivity index (χ2n) is 10.3. The molecular formula is C30H28N10O. The van der Waals surface area contributed by atoms with E-state index in [1.54, 1.807) is 17.1 Å². The van der Waals surface area contributed by atoms with E-state index in [1.807, 2.05) is 54.3 Å². The molecule has 0 spiro atoms. The molecule has 0 unspecified atom stereocenters. The first-order chi connectivity index (χ1) is 20.0. The topological polar surface area (TPSA) is 133 Å². The molecule has 3 N–H and O–H groups in total. The van der Waals surface area contributed by atoms with Crippen LogP contribution in [0.25, 0.3) is 38.9 Å². The predicted molar refractivity (Wildman–Crippen MR) is 157 cm³/mol. The Hall–Kier alpha value is -5.32. The highest BCUT2D eigenvalue weighted by atomic mass is 16.1. The van der Waals surface area contributed by atoms with Gasteiger partial charge in [-0.3, -0.25) is 19.0 Å². The van der Waals surface area contributed by atoms with Crippen molar-refractivity contribution in [3.05, 3.63) is 84.7 Å². The van der Waals surface area contributed by atoms with E-state index >= 15 is 0 Å². The van der Waals surface area contributed by atoms with Gasteiger partial charge in [0.2, 0.25) is 5.91 Å². The average molecular weight is 545 g/mol. The van der Waals surface area contributed by atoms with E-state index in [2.05, 4.69) is 42.4 Å². The lowest BCUT2D eigenvalue weighted by molar-refractivity contribution is -0.120. The number of fused-ring (bicyclic) bond motifs is 2. The lowest BCUT2D eigenvalue weighted by atomic mass is 10.1. The minimum Gasteiger partial charge on any atom is -0.383 e. The lowest BCUT2D eigenvalue weighted by Gasteiger charge is -2.32. The summed E-state index contributed by atoms with van der Waals surface area (Å²) in [6, 6.07) is 14.1. The maximum Gasteiger partial charge on any atom is 0.224 e. The maximum absolute atomic E-state index is 12.9. The van der Waals surface area contributed by atoms with E-state index in [0.717, 1.165) is 63.3 Å². The summed E-state index contributed by atoms with van der Waals surface area (Å²) in [5, 5.41) is 9.36. The van der Waals surface area contributed by atoms with Crippen molar-refractivity contribution in [1.82, 2.24) is 39.6 Å². The molecule has 0 radical (unpaired) electrons. The molecule has 41 heavy (non-hydrogen) atoms. The number of pyridine rings is 2. The van der Waals surface area contributed by atoms with Crippen molar-refractivity contribution >= 4 is 39.5 Å². The largest absolute Gasteiger partial charge is 0.383 e. The SMILES string of the molecule is Cn1ccc(-c2cn(-c3cncc(CNC(=O)Cc4ccc5ccc(N6CCC6)nc5c4)c3)c3ncnc(N)c23)n1. The van der Waals surface area contributed by atoms with E-state index in [1.165, 1.54) is 12.7 Å². The summed E-state index contributed by atoms with van der Waals surface area (Å²) in [6.45, 7) is 2.43. The summed E-state index contributed by atoms with van der Waals surface area (Å²) in [5.74, 6) is 1.30. The molecule has 11 heteroatoms. The summed E-state index contributed by atoms with van der Waals surface area (Å²) in [7, 11) is 1.87. The number of amides is 1. The predicted octanol–water partition coefficient (Wildman–Crippen LogP) is 3.42. The minimum absolute atomic E-state index is 0.0713. The van der Waals surface area contributed by atoms with Gasteiger partial charge in [-0.15, -0.1) is 0 Å². The van der Waals surface area contributed by atoms with Crippen LogP contribution in [0.15, 0.2) is 73.6 Å². The highest BCUT2D eigenvalue weighted by Crippen LogP contribution is 2.33. The van der Waals surface area contributed by atoms with Gasteiger partial charge in [0.1, 0.15) is 18.0 Å². The number of hydrogen-bond donors (Lipinski definition) is 2. The zero-order valence-electron chi connectivity index (χ0n) is 22.5. The first-order valence-electron chi connectivity index (χ1n) is 13.5. The quantitative estimate of drug-likeness (QED) is 0.312. The van der Waals surface area contributed by atoms with Gasteiger partial charge < -0.3 is 16.0 Å². The standard InChI is InChI=1S/C30H28N10O/c1-38-10-7-24(37-38)23-17-40(30-28(23)29(31)34-18-35-30)22-11-20(14-32-16-22)15-33-27(41)13-19-3-4-21-5-6-26(36-25(21)12-19)39-8-2-9-39/h3-7,10-12,14,16-18H,2,8-9,13,15H2,1H3,(H,33,41)(H2,31,34,35). The molecule has 1 aliphatic heterocycles. The van der Waals surface area contributed by atoms with Crippen molar-refractivity contribution in [1.29, 1.82) is 0 Å². The summed E-state index contributed by atoms with van der Waals surface area (Å²) in [6.07, 6.45) is 10.2. The van der Waals surface area contributed by atoms with Gasteiger partial charge in [-0.2, -0.15) is 5.10 Å². The van der Waals surface area contributed by atoms with E-state index in [0.29, 0.717) is 18.0 Å². The number of carbonyl (C=O) groups excluding carboxylic acids is 1. The fourth-order valence-electron chi connectivity index (χ4n) is 5.17. The second-order valence-corrected chi connectivity index (χ2v) is 10.3. The van der Waals surface area contributed by atoms with Gasteiger partial charge in [-0.1, -0.05) is 12.1 Å². The van der Waals surface area contributed by atoms with E-state index < -0.39 is 0 Å². The zero-order chi connectivity index (χ0) is 27.9. The summed E-state index contributed by atoms with van der Waals surface area (Å²) in [4.78, 5) is 33.1. The Balaban J connectivity index is 1.09. The highest BCUT2D eigenvalue weighted by molar-refractivity contribution is 6.00. The van der Waals surface area contributed by atoms with Crippen molar-refractivity contribution in [2.24, 2.45) is 7.05 Å². The van der Waals surface area contributed by atoms with Gasteiger partial charge in [-0.25, -0.2) is 15.0 Å². The van der Waals surface area contributed by atoms with Crippen molar-refractivity contribution < 1.29 is 4.79 Å². The molecule has 1 saturated heterocycles. The van der Waals surface area contributed by atoms with Crippen LogP contribution in [0.2, 0.25) is 0 Å². The van der Waals surface area contributed by atoms with Gasteiger partial charge in [0.05, 0.1) is 34.9 Å². The number of aryl methyl sites for hydroxylation is 1. The van der Waals surface area contributed by atoms with Gasteiger partial charge >= 0.3 is 0 Å². The van der Waals surface area contributed by atoms with Crippen molar-refractivity contribution in [3.8, 4) is 16.9 Å². The fraction of sp³-hybridized carbons (Fsp3) is 0.200. The number of benzene rings is 1. The van der Waals surface area contributed by atoms with Crippen molar-refractivity contribution in [2.75, 3.05) is 23.7 Å². The number of nitrogens with two attached hydrogens (primary N) is 1. The Bertz CT molecular complexity index is 1920. The molecule has 1 aliphatic rings. The highest BCUT2D eigenvalue weighted by Gasteiger charge is 2.18. The third-order valence-electron chi connectivity index (χ3n) is 7.44. The molecule has 204 valence electrons. The zero-order valence-corrected chi connectivity index (χ0v) is 22.5. The molecule has 1 aromatic carbocycles. The Labute approximate surface area is 235 Å². The summed E-state index contributed by atoms with van der Waals surface area (Å²) >= 11 is 0. The Morgan fingerprint density at radius 3 is 2.73 bits per heavy atom. The van der Waals surface area contributed by atoms with Crippen LogP contribution in [0.5, 0.6) is 0 Å². The molecule has 1 amide bonds. The number of nitrogen functional groups attached to an aromatic ring is 1. The number of rotatable bonds is 7. The third-order valence-corrected chi connectivity index (χ3v) is 7.44. The van der Waals surface area contributed by atoms with Gasteiger partial charge in [0.25, 0.3) is 0 Å².